The molecule has 0 bridgehead atoms. The second-order valence-corrected chi connectivity index (χ2v) is 3.37. The van der Waals surface area contributed by atoms with Crippen molar-refractivity contribution in [2.75, 3.05) is 18.0 Å². The summed E-state index contributed by atoms with van der Waals surface area (Å²) >= 11 is 0. The summed E-state index contributed by atoms with van der Waals surface area (Å²) in [5, 5.41) is 0. The van der Waals surface area contributed by atoms with Crippen LogP contribution in [0.3, 0.4) is 0 Å². The molecule has 90 valence electrons. The fourth-order valence-corrected chi connectivity index (χ4v) is 1.37. The molecule has 6 heteroatoms. The van der Waals surface area contributed by atoms with E-state index in [0.29, 0.717) is 6.42 Å². The lowest BCUT2D eigenvalue weighted by Crippen LogP contribution is -2.34. The van der Waals surface area contributed by atoms with Gasteiger partial charge in [-0.1, -0.05) is 6.92 Å². The Morgan fingerprint density at radius 1 is 1.38 bits per heavy atom. The highest BCUT2D eigenvalue weighted by Gasteiger charge is 2.30. The highest BCUT2D eigenvalue weighted by atomic mass is 19.4. The van der Waals surface area contributed by atoms with Gasteiger partial charge in [-0.3, -0.25) is 0 Å². The van der Waals surface area contributed by atoms with Gasteiger partial charge in [-0.05, 0) is 12.5 Å². The van der Waals surface area contributed by atoms with Gasteiger partial charge in [0.15, 0.2) is 0 Å². The van der Waals surface area contributed by atoms with E-state index in [4.69, 9.17) is 0 Å². The minimum absolute atomic E-state index is 0.201. The summed E-state index contributed by atoms with van der Waals surface area (Å²) in [6.07, 6.45) is -2.58. The zero-order valence-electron chi connectivity index (χ0n) is 8.76. The van der Waals surface area contributed by atoms with Crippen LogP contribution in [0.1, 0.15) is 13.3 Å². The molecule has 0 amide bonds. The highest BCUT2D eigenvalue weighted by molar-refractivity contribution is 5.45. The van der Waals surface area contributed by atoms with Crippen LogP contribution in [0, 0.1) is 5.95 Å². The second-order valence-electron chi connectivity index (χ2n) is 3.37. The maximum Gasteiger partial charge on any atom is 0.405 e. The SMILES string of the molecule is CCCN(CC(F)(F)F)c1ccnc(F)c1. The van der Waals surface area contributed by atoms with Crippen LogP contribution in [0.5, 0.6) is 0 Å². The Bertz CT molecular complexity index is 338. The monoisotopic (exact) mass is 236 g/mol. The summed E-state index contributed by atoms with van der Waals surface area (Å²) in [7, 11) is 0. The van der Waals surface area contributed by atoms with Gasteiger partial charge in [0.05, 0.1) is 0 Å². The van der Waals surface area contributed by atoms with Crippen LogP contribution >= 0.6 is 0 Å². The highest BCUT2D eigenvalue weighted by Crippen LogP contribution is 2.22. The van der Waals surface area contributed by atoms with Crippen molar-refractivity contribution in [3.8, 4) is 0 Å². The molecule has 0 saturated heterocycles. The number of alkyl halides is 3. The quantitative estimate of drug-likeness (QED) is 0.590. The molecule has 0 aromatic carbocycles. The summed E-state index contributed by atoms with van der Waals surface area (Å²) in [6, 6.07) is 2.37. The van der Waals surface area contributed by atoms with Crippen molar-refractivity contribution < 1.29 is 17.6 Å². The average molecular weight is 236 g/mol. The third-order valence-corrected chi connectivity index (χ3v) is 1.94. The van der Waals surface area contributed by atoms with Gasteiger partial charge in [0.25, 0.3) is 0 Å². The molecule has 0 aliphatic rings. The minimum atomic E-state index is -4.30. The summed E-state index contributed by atoms with van der Waals surface area (Å²) < 4.78 is 49.6. The Kier molecular flexibility index (Phi) is 4.09. The van der Waals surface area contributed by atoms with E-state index in [9.17, 15) is 17.6 Å². The maximum atomic E-state index is 12.8. The molecule has 0 aliphatic carbocycles. The first kappa shape index (κ1) is 12.7. The summed E-state index contributed by atoms with van der Waals surface area (Å²) in [6.45, 7) is 0.911. The van der Waals surface area contributed by atoms with E-state index < -0.39 is 18.7 Å². The van der Waals surface area contributed by atoms with Crippen molar-refractivity contribution in [1.29, 1.82) is 0 Å². The van der Waals surface area contributed by atoms with E-state index in [1.165, 1.54) is 6.07 Å². The largest absolute Gasteiger partial charge is 0.405 e. The zero-order valence-corrected chi connectivity index (χ0v) is 8.76. The Labute approximate surface area is 90.9 Å². The Morgan fingerprint density at radius 3 is 2.56 bits per heavy atom. The molecule has 0 aliphatic heterocycles. The number of halogens is 4. The molecule has 0 unspecified atom stereocenters. The fraction of sp³-hybridized carbons (Fsp3) is 0.500. The first-order valence-corrected chi connectivity index (χ1v) is 4.85. The number of anilines is 1. The van der Waals surface area contributed by atoms with Gasteiger partial charge in [0.2, 0.25) is 5.95 Å². The average Bonchev–Trinajstić information content (AvgIpc) is 2.15. The van der Waals surface area contributed by atoms with Gasteiger partial charge >= 0.3 is 6.18 Å². The van der Waals surface area contributed by atoms with Crippen LogP contribution in [0.25, 0.3) is 0 Å². The van der Waals surface area contributed by atoms with Crippen LogP contribution in [-0.4, -0.2) is 24.2 Å². The van der Waals surface area contributed by atoms with Gasteiger partial charge < -0.3 is 4.90 Å². The number of hydrogen-bond donors (Lipinski definition) is 0. The molecule has 0 spiro atoms. The predicted molar refractivity (Wildman–Crippen MR) is 52.8 cm³/mol. The van der Waals surface area contributed by atoms with Crippen molar-refractivity contribution in [3.05, 3.63) is 24.3 Å². The second kappa shape index (κ2) is 5.14. The Morgan fingerprint density at radius 2 is 2.06 bits per heavy atom. The third kappa shape index (κ3) is 4.04. The first-order valence-electron chi connectivity index (χ1n) is 4.85. The standard InChI is InChI=1S/C10H12F4N2/c1-2-5-16(7-10(12,13)14)8-3-4-15-9(11)6-8/h3-4,6H,2,5,7H2,1H3. The lowest BCUT2D eigenvalue weighted by atomic mass is 10.3. The lowest BCUT2D eigenvalue weighted by Gasteiger charge is -2.25. The van der Waals surface area contributed by atoms with Crippen molar-refractivity contribution in [2.24, 2.45) is 0 Å². The number of hydrogen-bond acceptors (Lipinski definition) is 2. The van der Waals surface area contributed by atoms with Crippen molar-refractivity contribution in [3.63, 3.8) is 0 Å². The molecule has 1 aromatic heterocycles. The first-order chi connectivity index (χ1) is 7.42. The van der Waals surface area contributed by atoms with Gasteiger partial charge in [0, 0.05) is 24.5 Å². The molecular weight excluding hydrogens is 224 g/mol. The van der Waals surface area contributed by atoms with Gasteiger partial charge in [-0.15, -0.1) is 0 Å². The third-order valence-electron chi connectivity index (χ3n) is 1.94. The molecule has 1 aromatic rings. The van der Waals surface area contributed by atoms with E-state index in [1.807, 2.05) is 0 Å². The van der Waals surface area contributed by atoms with Crippen LogP contribution in [-0.2, 0) is 0 Å². The minimum Gasteiger partial charge on any atom is -0.362 e. The van der Waals surface area contributed by atoms with Crippen LogP contribution in [0.15, 0.2) is 18.3 Å². The molecule has 1 heterocycles. The molecule has 0 saturated carbocycles. The summed E-state index contributed by atoms with van der Waals surface area (Å²) in [4.78, 5) is 4.39. The van der Waals surface area contributed by atoms with Crippen LogP contribution in [0.4, 0.5) is 23.2 Å². The van der Waals surface area contributed by atoms with E-state index in [1.54, 1.807) is 6.92 Å². The number of aromatic nitrogens is 1. The smallest absolute Gasteiger partial charge is 0.362 e. The van der Waals surface area contributed by atoms with E-state index in [2.05, 4.69) is 4.98 Å². The maximum absolute atomic E-state index is 12.8. The van der Waals surface area contributed by atoms with E-state index >= 15 is 0 Å². The van der Waals surface area contributed by atoms with E-state index in [0.717, 1.165) is 17.2 Å². The topological polar surface area (TPSA) is 16.1 Å². The normalized spacial score (nSPS) is 11.6. The lowest BCUT2D eigenvalue weighted by molar-refractivity contribution is -0.119. The molecular formula is C10H12F4N2. The fourth-order valence-electron chi connectivity index (χ4n) is 1.37. The van der Waals surface area contributed by atoms with Gasteiger partial charge in [-0.25, -0.2) is 4.98 Å². The summed E-state index contributed by atoms with van der Waals surface area (Å²) in [5.74, 6) is -0.777. The van der Waals surface area contributed by atoms with Crippen LogP contribution < -0.4 is 4.90 Å². The molecule has 0 atom stereocenters. The number of nitrogens with zero attached hydrogens (tertiary/aromatic N) is 2. The predicted octanol–water partition coefficient (Wildman–Crippen LogP) is 3.00. The number of pyridine rings is 1. The molecule has 1 rings (SSSR count). The van der Waals surface area contributed by atoms with E-state index in [-0.39, 0.29) is 12.2 Å². The molecule has 0 N–H and O–H groups in total. The Hall–Kier alpha value is -1.33. The molecule has 0 radical (unpaired) electrons. The molecule has 0 fully saturated rings. The van der Waals surface area contributed by atoms with Crippen molar-refractivity contribution >= 4 is 5.69 Å². The van der Waals surface area contributed by atoms with Gasteiger partial charge in [0.1, 0.15) is 6.54 Å². The zero-order chi connectivity index (χ0) is 12.2. The van der Waals surface area contributed by atoms with Crippen LogP contribution in [0.2, 0.25) is 0 Å². The van der Waals surface area contributed by atoms with Crippen molar-refractivity contribution in [1.82, 2.24) is 4.98 Å². The number of rotatable bonds is 4. The van der Waals surface area contributed by atoms with Gasteiger partial charge in [-0.2, -0.15) is 17.6 Å². The van der Waals surface area contributed by atoms with Crippen molar-refractivity contribution in [2.45, 2.75) is 19.5 Å². The molecule has 16 heavy (non-hydrogen) atoms. The Balaban J connectivity index is 2.85. The summed E-state index contributed by atoms with van der Waals surface area (Å²) in [5.41, 5.74) is 0.201. The molecule has 2 nitrogen and oxygen atoms in total.